The molecule has 1 unspecified atom stereocenters. The summed E-state index contributed by atoms with van der Waals surface area (Å²) in [5.41, 5.74) is 0. The second kappa shape index (κ2) is 4.15. The van der Waals surface area contributed by atoms with Crippen molar-refractivity contribution in [2.75, 3.05) is 20.3 Å². The lowest BCUT2D eigenvalue weighted by Crippen LogP contribution is -2.35. The first-order chi connectivity index (χ1) is 5.66. The Labute approximate surface area is 80.1 Å². The molecule has 0 spiro atoms. The van der Waals surface area contributed by atoms with Gasteiger partial charge in [0, 0.05) is 7.05 Å². The van der Waals surface area contributed by atoms with E-state index in [4.69, 9.17) is 11.8 Å². The SMILES string of the molecule is CCCCC[N+]1(Cl)C=CN(C)C1. The number of nitrogens with zero attached hydrogens (tertiary/aromatic N) is 2. The number of rotatable bonds is 4. The molecule has 0 amide bonds. The average Bonchev–Trinajstić information content (AvgIpc) is 2.32. The van der Waals surface area contributed by atoms with Gasteiger partial charge in [-0.15, -0.1) is 0 Å². The van der Waals surface area contributed by atoms with Gasteiger partial charge >= 0.3 is 0 Å². The molecular weight excluding hydrogens is 172 g/mol. The van der Waals surface area contributed by atoms with Crippen LogP contribution >= 0.6 is 11.8 Å². The third-order valence-corrected chi connectivity index (χ3v) is 2.57. The van der Waals surface area contributed by atoms with Gasteiger partial charge in [0.15, 0.2) is 18.4 Å². The summed E-state index contributed by atoms with van der Waals surface area (Å²) in [5, 5.41) is 0. The number of hydrogen-bond acceptors (Lipinski definition) is 1. The Morgan fingerprint density at radius 3 is 2.75 bits per heavy atom. The van der Waals surface area contributed by atoms with Gasteiger partial charge in [0.1, 0.15) is 12.7 Å². The molecule has 0 bridgehead atoms. The molecule has 1 atom stereocenters. The monoisotopic (exact) mass is 189 g/mol. The van der Waals surface area contributed by atoms with Crippen molar-refractivity contribution in [1.29, 1.82) is 0 Å². The lowest BCUT2D eigenvalue weighted by molar-refractivity contribution is -0.763. The summed E-state index contributed by atoms with van der Waals surface area (Å²) in [5.74, 6) is 0. The molecule has 0 N–H and O–H groups in total. The summed E-state index contributed by atoms with van der Waals surface area (Å²) >= 11 is 6.31. The highest BCUT2D eigenvalue weighted by Crippen LogP contribution is 2.21. The maximum atomic E-state index is 6.31. The van der Waals surface area contributed by atoms with E-state index in [0.29, 0.717) is 4.00 Å². The Morgan fingerprint density at radius 2 is 2.25 bits per heavy atom. The first-order valence-corrected chi connectivity index (χ1v) is 4.96. The van der Waals surface area contributed by atoms with Crippen molar-refractivity contribution >= 4 is 11.8 Å². The minimum atomic E-state index is 0.566. The molecule has 0 aliphatic carbocycles. The Kier molecular flexibility index (Phi) is 3.41. The second-order valence-corrected chi connectivity index (χ2v) is 4.23. The van der Waals surface area contributed by atoms with Gasteiger partial charge in [-0.3, -0.25) is 0 Å². The molecule has 0 aromatic carbocycles. The lowest BCUT2D eigenvalue weighted by Gasteiger charge is -2.22. The maximum Gasteiger partial charge on any atom is 0.175 e. The number of hydrogen-bond donors (Lipinski definition) is 0. The molecule has 3 heteroatoms. The van der Waals surface area contributed by atoms with Crippen LogP contribution in [0.1, 0.15) is 26.2 Å². The normalized spacial score (nSPS) is 28.4. The molecule has 2 nitrogen and oxygen atoms in total. The van der Waals surface area contributed by atoms with E-state index in [1.807, 2.05) is 0 Å². The van der Waals surface area contributed by atoms with Crippen molar-refractivity contribution < 1.29 is 4.00 Å². The van der Waals surface area contributed by atoms with Gasteiger partial charge < -0.3 is 4.90 Å². The molecule has 0 aromatic rings. The molecule has 12 heavy (non-hydrogen) atoms. The lowest BCUT2D eigenvalue weighted by atomic mass is 10.2. The predicted molar refractivity (Wildman–Crippen MR) is 52.3 cm³/mol. The summed E-state index contributed by atoms with van der Waals surface area (Å²) in [6, 6.07) is 0. The standard InChI is InChI=1S/C9H18ClN2/c1-3-4-5-7-12(10)8-6-11(2)9-12/h6,8H,3-5,7,9H2,1-2H3/q+1. The predicted octanol–water partition coefficient (Wildman–Crippen LogP) is 2.52. The average molecular weight is 190 g/mol. The fourth-order valence-electron chi connectivity index (χ4n) is 1.47. The molecule has 0 aromatic heterocycles. The molecule has 0 saturated heterocycles. The molecule has 1 aliphatic heterocycles. The van der Waals surface area contributed by atoms with E-state index < -0.39 is 0 Å². The van der Waals surface area contributed by atoms with Gasteiger partial charge in [0.05, 0.1) is 6.20 Å². The van der Waals surface area contributed by atoms with Gasteiger partial charge in [-0.25, -0.2) is 0 Å². The summed E-state index contributed by atoms with van der Waals surface area (Å²) in [6.07, 6.45) is 7.88. The van der Waals surface area contributed by atoms with Crippen LogP contribution < -0.4 is 0 Å². The molecule has 1 rings (SSSR count). The maximum absolute atomic E-state index is 6.31. The second-order valence-electron chi connectivity index (χ2n) is 3.55. The van der Waals surface area contributed by atoms with Gasteiger partial charge in [0.25, 0.3) is 0 Å². The Hall–Kier alpha value is -0.210. The van der Waals surface area contributed by atoms with Gasteiger partial charge in [-0.2, -0.15) is 4.00 Å². The van der Waals surface area contributed by atoms with Crippen molar-refractivity contribution in [1.82, 2.24) is 4.90 Å². The fraction of sp³-hybridized carbons (Fsp3) is 0.778. The molecule has 0 fully saturated rings. The summed E-state index contributed by atoms with van der Waals surface area (Å²) in [7, 11) is 2.05. The van der Waals surface area contributed by atoms with Crippen LogP contribution in [-0.2, 0) is 0 Å². The molecule has 70 valence electrons. The van der Waals surface area contributed by atoms with E-state index in [1.54, 1.807) is 0 Å². The minimum Gasteiger partial charge on any atom is -0.328 e. The van der Waals surface area contributed by atoms with Gasteiger partial charge in [-0.1, -0.05) is 13.3 Å². The zero-order chi connectivity index (χ0) is 9.03. The van der Waals surface area contributed by atoms with Gasteiger partial charge in [-0.05, 0) is 12.8 Å². The first-order valence-electron chi connectivity index (χ1n) is 4.62. The highest BCUT2D eigenvalue weighted by atomic mass is 35.5. The molecule has 0 radical (unpaired) electrons. The zero-order valence-electron chi connectivity index (χ0n) is 7.96. The number of unbranched alkanes of at least 4 members (excludes halogenated alkanes) is 2. The van der Waals surface area contributed by atoms with Crippen molar-refractivity contribution in [2.24, 2.45) is 0 Å². The van der Waals surface area contributed by atoms with Crippen molar-refractivity contribution in [3.05, 3.63) is 12.4 Å². The van der Waals surface area contributed by atoms with Crippen LogP contribution in [0.4, 0.5) is 0 Å². The molecule has 0 saturated carbocycles. The first kappa shape index (κ1) is 9.87. The smallest absolute Gasteiger partial charge is 0.175 e. The largest absolute Gasteiger partial charge is 0.328 e. The Balaban J connectivity index is 2.26. The summed E-state index contributed by atoms with van der Waals surface area (Å²) in [6.45, 7) is 4.17. The topological polar surface area (TPSA) is 3.24 Å². The van der Waals surface area contributed by atoms with Crippen LogP contribution in [0.3, 0.4) is 0 Å². The Morgan fingerprint density at radius 1 is 1.50 bits per heavy atom. The summed E-state index contributed by atoms with van der Waals surface area (Å²) in [4.78, 5) is 2.12. The van der Waals surface area contributed by atoms with Crippen LogP contribution in [0.15, 0.2) is 12.4 Å². The van der Waals surface area contributed by atoms with E-state index in [9.17, 15) is 0 Å². The third-order valence-electron chi connectivity index (χ3n) is 2.18. The molecule has 1 aliphatic rings. The number of quaternary nitrogens is 1. The van der Waals surface area contributed by atoms with Crippen molar-refractivity contribution in [3.8, 4) is 0 Å². The van der Waals surface area contributed by atoms with E-state index in [2.05, 4.69) is 31.3 Å². The van der Waals surface area contributed by atoms with Crippen molar-refractivity contribution in [2.45, 2.75) is 26.2 Å². The highest BCUT2D eigenvalue weighted by molar-refractivity contribution is 6.07. The van der Waals surface area contributed by atoms with Crippen LogP contribution in [0.25, 0.3) is 0 Å². The van der Waals surface area contributed by atoms with E-state index in [0.717, 1.165) is 13.2 Å². The van der Waals surface area contributed by atoms with Crippen molar-refractivity contribution in [3.63, 3.8) is 0 Å². The minimum absolute atomic E-state index is 0.566. The van der Waals surface area contributed by atoms with Crippen LogP contribution in [0.2, 0.25) is 0 Å². The Bertz CT molecular complexity index is 170. The quantitative estimate of drug-likeness (QED) is 0.485. The molecular formula is C9H18ClN2+. The van der Waals surface area contributed by atoms with E-state index >= 15 is 0 Å². The third kappa shape index (κ3) is 2.68. The fourth-order valence-corrected chi connectivity index (χ4v) is 1.81. The van der Waals surface area contributed by atoms with Gasteiger partial charge in [0.2, 0.25) is 0 Å². The number of halogens is 1. The van der Waals surface area contributed by atoms with Crippen LogP contribution in [0, 0.1) is 0 Å². The van der Waals surface area contributed by atoms with E-state index in [-0.39, 0.29) is 0 Å². The highest BCUT2D eigenvalue weighted by Gasteiger charge is 2.28. The summed E-state index contributed by atoms with van der Waals surface area (Å²) < 4.78 is 0.566. The molecule has 1 heterocycles. The van der Waals surface area contributed by atoms with Crippen LogP contribution in [0.5, 0.6) is 0 Å². The van der Waals surface area contributed by atoms with Crippen LogP contribution in [-0.4, -0.2) is 29.2 Å². The van der Waals surface area contributed by atoms with E-state index in [1.165, 1.54) is 19.3 Å². The zero-order valence-corrected chi connectivity index (χ0v) is 8.72.